The predicted molar refractivity (Wildman–Crippen MR) is 99.8 cm³/mol. The summed E-state index contributed by atoms with van der Waals surface area (Å²) in [5.41, 5.74) is 0.555. The standard InChI is InChI=1S/C21H19F2N3O3/c1-2-28-14-6-3-5-13(11-14)20-24-21(29-25-20)18-9-10-19(27)26(18)12-15-16(22)7-4-8-17(15)23/h3-8,11,18H,2,9-10,12H2,1H3. The molecule has 0 radical (unpaired) electrons. The van der Waals surface area contributed by atoms with E-state index in [2.05, 4.69) is 10.1 Å². The van der Waals surface area contributed by atoms with E-state index in [-0.39, 0.29) is 30.3 Å². The maximum Gasteiger partial charge on any atom is 0.249 e. The Morgan fingerprint density at radius 2 is 1.97 bits per heavy atom. The van der Waals surface area contributed by atoms with E-state index in [0.29, 0.717) is 30.2 Å². The van der Waals surface area contributed by atoms with E-state index in [9.17, 15) is 13.6 Å². The van der Waals surface area contributed by atoms with Crippen molar-refractivity contribution in [1.82, 2.24) is 15.0 Å². The Morgan fingerprint density at radius 1 is 1.21 bits per heavy atom. The summed E-state index contributed by atoms with van der Waals surface area (Å²) in [5.74, 6) is -0.313. The molecule has 8 heteroatoms. The topological polar surface area (TPSA) is 68.5 Å². The van der Waals surface area contributed by atoms with Gasteiger partial charge in [-0.05, 0) is 37.6 Å². The zero-order valence-corrected chi connectivity index (χ0v) is 15.8. The Morgan fingerprint density at radius 3 is 2.72 bits per heavy atom. The summed E-state index contributed by atoms with van der Waals surface area (Å²) in [7, 11) is 0. The number of benzene rings is 2. The van der Waals surface area contributed by atoms with Gasteiger partial charge in [-0.3, -0.25) is 4.79 Å². The van der Waals surface area contributed by atoms with Gasteiger partial charge in [0.15, 0.2) is 0 Å². The molecule has 6 nitrogen and oxygen atoms in total. The van der Waals surface area contributed by atoms with Crippen LogP contribution in [0.3, 0.4) is 0 Å². The number of aromatic nitrogens is 2. The lowest BCUT2D eigenvalue weighted by molar-refractivity contribution is -0.130. The predicted octanol–water partition coefficient (Wildman–Crippen LogP) is 4.28. The van der Waals surface area contributed by atoms with Gasteiger partial charge in [-0.15, -0.1) is 0 Å². The minimum absolute atomic E-state index is 0.156. The van der Waals surface area contributed by atoms with Crippen LogP contribution >= 0.6 is 0 Å². The largest absolute Gasteiger partial charge is 0.494 e. The molecule has 150 valence electrons. The van der Waals surface area contributed by atoms with E-state index in [1.807, 2.05) is 25.1 Å². The van der Waals surface area contributed by atoms with Crippen molar-refractivity contribution in [3.63, 3.8) is 0 Å². The molecule has 0 aliphatic carbocycles. The summed E-state index contributed by atoms with van der Waals surface area (Å²) >= 11 is 0. The highest BCUT2D eigenvalue weighted by Gasteiger charge is 2.37. The van der Waals surface area contributed by atoms with E-state index < -0.39 is 17.7 Å². The van der Waals surface area contributed by atoms with Crippen LogP contribution in [-0.4, -0.2) is 27.6 Å². The third-order valence-corrected chi connectivity index (χ3v) is 4.85. The molecule has 1 amide bonds. The molecule has 4 rings (SSSR count). The smallest absolute Gasteiger partial charge is 0.249 e. The average molecular weight is 399 g/mol. The SMILES string of the molecule is CCOc1cccc(-c2noc(C3CCC(=O)N3Cc3c(F)cccc3F)n2)c1. The third-order valence-electron chi connectivity index (χ3n) is 4.85. The first-order chi connectivity index (χ1) is 14.1. The lowest BCUT2D eigenvalue weighted by atomic mass is 10.1. The number of rotatable bonds is 6. The van der Waals surface area contributed by atoms with Crippen LogP contribution < -0.4 is 4.74 Å². The van der Waals surface area contributed by atoms with Crippen LogP contribution in [0.2, 0.25) is 0 Å². The zero-order chi connectivity index (χ0) is 20.4. The van der Waals surface area contributed by atoms with Gasteiger partial charge in [0, 0.05) is 17.5 Å². The molecule has 0 bridgehead atoms. The lowest BCUT2D eigenvalue weighted by Gasteiger charge is -2.22. The van der Waals surface area contributed by atoms with Crippen molar-refractivity contribution in [2.45, 2.75) is 32.4 Å². The Bertz CT molecular complexity index is 1020. The Balaban J connectivity index is 1.59. The van der Waals surface area contributed by atoms with Crippen molar-refractivity contribution < 1.29 is 22.8 Å². The summed E-state index contributed by atoms with van der Waals surface area (Å²) in [6, 6.07) is 10.4. The van der Waals surface area contributed by atoms with Crippen LogP contribution in [0, 0.1) is 11.6 Å². The molecule has 0 spiro atoms. The molecule has 3 aromatic rings. The van der Waals surface area contributed by atoms with Crippen LogP contribution in [0.4, 0.5) is 8.78 Å². The highest BCUT2D eigenvalue weighted by molar-refractivity contribution is 5.78. The molecule has 0 N–H and O–H groups in total. The molecule has 2 aromatic carbocycles. The number of amides is 1. The van der Waals surface area contributed by atoms with Gasteiger partial charge in [-0.25, -0.2) is 8.78 Å². The minimum atomic E-state index is -0.692. The number of hydrogen-bond acceptors (Lipinski definition) is 5. The van der Waals surface area contributed by atoms with Gasteiger partial charge in [-0.1, -0.05) is 23.4 Å². The summed E-state index contributed by atoms with van der Waals surface area (Å²) in [5, 5.41) is 4.01. The number of carbonyl (C=O) groups is 1. The fraction of sp³-hybridized carbons (Fsp3) is 0.286. The number of hydrogen-bond donors (Lipinski definition) is 0. The molecule has 1 saturated heterocycles. The van der Waals surface area contributed by atoms with Crippen LogP contribution in [0.15, 0.2) is 47.0 Å². The average Bonchev–Trinajstić information content (AvgIpc) is 3.32. The van der Waals surface area contributed by atoms with E-state index >= 15 is 0 Å². The van der Waals surface area contributed by atoms with Crippen LogP contribution in [0.25, 0.3) is 11.4 Å². The zero-order valence-electron chi connectivity index (χ0n) is 15.8. The Kier molecular flexibility index (Phi) is 5.24. The van der Waals surface area contributed by atoms with Crippen molar-refractivity contribution in [2.24, 2.45) is 0 Å². The molecule has 1 aliphatic rings. The van der Waals surface area contributed by atoms with E-state index in [4.69, 9.17) is 9.26 Å². The molecule has 1 atom stereocenters. The second-order valence-electron chi connectivity index (χ2n) is 6.69. The molecule has 1 aliphatic heterocycles. The van der Waals surface area contributed by atoms with Crippen molar-refractivity contribution in [2.75, 3.05) is 6.61 Å². The minimum Gasteiger partial charge on any atom is -0.494 e. The summed E-state index contributed by atoms with van der Waals surface area (Å²) in [6.45, 7) is 2.23. The number of nitrogens with zero attached hydrogens (tertiary/aromatic N) is 3. The Hall–Kier alpha value is -3.29. The summed E-state index contributed by atoms with van der Waals surface area (Å²) in [4.78, 5) is 18.2. The van der Waals surface area contributed by atoms with Crippen molar-refractivity contribution in [3.05, 3.63) is 65.6 Å². The van der Waals surface area contributed by atoms with Gasteiger partial charge >= 0.3 is 0 Å². The maximum atomic E-state index is 14.0. The number of likely N-dealkylation sites (tertiary alicyclic amines) is 1. The second kappa shape index (κ2) is 7.98. The number of carbonyl (C=O) groups excluding carboxylic acids is 1. The molecule has 1 aromatic heterocycles. The first-order valence-electron chi connectivity index (χ1n) is 9.36. The molecule has 1 unspecified atom stereocenters. The van der Waals surface area contributed by atoms with Gasteiger partial charge in [-0.2, -0.15) is 4.98 Å². The van der Waals surface area contributed by atoms with Gasteiger partial charge < -0.3 is 14.2 Å². The van der Waals surface area contributed by atoms with Gasteiger partial charge in [0.25, 0.3) is 0 Å². The van der Waals surface area contributed by atoms with Crippen LogP contribution in [-0.2, 0) is 11.3 Å². The van der Waals surface area contributed by atoms with Gasteiger partial charge in [0.2, 0.25) is 17.6 Å². The van der Waals surface area contributed by atoms with Gasteiger partial charge in [0.05, 0.1) is 13.2 Å². The first-order valence-corrected chi connectivity index (χ1v) is 9.36. The molecule has 1 fully saturated rings. The fourth-order valence-corrected chi connectivity index (χ4v) is 3.42. The quantitative estimate of drug-likeness (QED) is 0.619. The van der Waals surface area contributed by atoms with Crippen molar-refractivity contribution in [3.8, 4) is 17.1 Å². The fourth-order valence-electron chi connectivity index (χ4n) is 3.42. The lowest BCUT2D eigenvalue weighted by Crippen LogP contribution is -2.28. The normalized spacial score (nSPS) is 16.4. The monoisotopic (exact) mass is 399 g/mol. The van der Waals surface area contributed by atoms with Crippen molar-refractivity contribution >= 4 is 5.91 Å². The second-order valence-corrected chi connectivity index (χ2v) is 6.69. The number of halogens is 2. The van der Waals surface area contributed by atoms with E-state index in [1.54, 1.807) is 6.07 Å². The van der Waals surface area contributed by atoms with Crippen LogP contribution in [0.5, 0.6) is 5.75 Å². The summed E-state index contributed by atoms with van der Waals surface area (Å²) in [6.07, 6.45) is 0.688. The van der Waals surface area contributed by atoms with Crippen molar-refractivity contribution in [1.29, 1.82) is 0 Å². The molecule has 0 saturated carbocycles. The maximum absolute atomic E-state index is 14.0. The van der Waals surface area contributed by atoms with E-state index in [0.717, 1.165) is 0 Å². The molecular weight excluding hydrogens is 380 g/mol. The first kappa shape index (κ1) is 19.0. The number of ether oxygens (including phenoxy) is 1. The Labute approximate surface area is 166 Å². The molecule has 29 heavy (non-hydrogen) atoms. The highest BCUT2D eigenvalue weighted by atomic mass is 19.1. The van der Waals surface area contributed by atoms with E-state index in [1.165, 1.54) is 23.1 Å². The highest BCUT2D eigenvalue weighted by Crippen LogP contribution is 2.35. The summed E-state index contributed by atoms with van der Waals surface area (Å²) < 4.78 is 39.0. The van der Waals surface area contributed by atoms with Gasteiger partial charge in [0.1, 0.15) is 23.4 Å². The third kappa shape index (κ3) is 3.83. The van der Waals surface area contributed by atoms with Crippen LogP contribution in [0.1, 0.15) is 37.3 Å². The molecular formula is C21H19F2N3O3. The molecule has 2 heterocycles.